The zero-order valence-corrected chi connectivity index (χ0v) is 37.7. The van der Waals surface area contributed by atoms with Gasteiger partial charge in [0, 0.05) is 19.3 Å². The van der Waals surface area contributed by atoms with Gasteiger partial charge in [0.1, 0.15) is 13.2 Å². The molecule has 0 heterocycles. The molecule has 1 atom stereocenters. The first-order chi connectivity index (χ1) is 26.6. The van der Waals surface area contributed by atoms with Crippen molar-refractivity contribution in [3.05, 3.63) is 0 Å². The molecule has 0 amide bonds. The number of hydrogen-bond donors (Lipinski definition) is 0. The number of esters is 3. The number of rotatable bonds is 42. The van der Waals surface area contributed by atoms with Crippen molar-refractivity contribution in [2.24, 2.45) is 17.8 Å². The van der Waals surface area contributed by atoms with Crippen LogP contribution in [-0.4, -0.2) is 37.2 Å². The normalized spacial score (nSPS) is 12.2. The van der Waals surface area contributed by atoms with Crippen LogP contribution in [0.3, 0.4) is 0 Å². The van der Waals surface area contributed by atoms with Crippen LogP contribution in [0.1, 0.15) is 260 Å². The monoisotopic (exact) mass is 779 g/mol. The summed E-state index contributed by atoms with van der Waals surface area (Å²) in [6, 6.07) is 0. The molecule has 55 heavy (non-hydrogen) atoms. The van der Waals surface area contributed by atoms with Crippen molar-refractivity contribution < 1.29 is 28.6 Å². The maximum absolute atomic E-state index is 12.7. The van der Waals surface area contributed by atoms with Crippen LogP contribution in [0.4, 0.5) is 0 Å². The minimum absolute atomic E-state index is 0.0658. The lowest BCUT2D eigenvalue weighted by atomic mass is 10.0. The smallest absolute Gasteiger partial charge is 0.306 e. The van der Waals surface area contributed by atoms with Gasteiger partial charge in [-0.3, -0.25) is 14.4 Å². The first kappa shape index (κ1) is 53.4. The molecule has 6 heteroatoms. The highest BCUT2D eigenvalue weighted by Gasteiger charge is 2.19. The molecule has 326 valence electrons. The Bertz CT molecular complexity index is 852. The predicted octanol–water partition coefficient (Wildman–Crippen LogP) is 15.2. The minimum atomic E-state index is -0.762. The SMILES string of the molecule is CC(C)CCCCCCCCCCCCCC(=O)OC[C@H](COC(=O)CCCCCCCCCCC(C)C)OC(=O)CCCCCCCCCCCC(C)C. The Balaban J connectivity index is 4.33. The van der Waals surface area contributed by atoms with Crippen LogP contribution in [0.2, 0.25) is 0 Å². The van der Waals surface area contributed by atoms with Gasteiger partial charge in [0.25, 0.3) is 0 Å². The molecule has 0 spiro atoms. The summed E-state index contributed by atoms with van der Waals surface area (Å²) >= 11 is 0. The molecule has 0 aromatic carbocycles. The fourth-order valence-corrected chi connectivity index (χ4v) is 7.23. The number of unbranched alkanes of at least 4 members (excludes halogenated alkanes) is 25. The third-order valence-electron chi connectivity index (χ3n) is 10.9. The second-order valence-corrected chi connectivity index (χ2v) is 18.2. The van der Waals surface area contributed by atoms with Crippen molar-refractivity contribution in [1.82, 2.24) is 0 Å². The molecule has 0 unspecified atom stereocenters. The van der Waals surface area contributed by atoms with E-state index in [2.05, 4.69) is 41.5 Å². The van der Waals surface area contributed by atoms with E-state index in [4.69, 9.17) is 14.2 Å². The second kappa shape index (κ2) is 40.6. The lowest BCUT2D eigenvalue weighted by Gasteiger charge is -2.18. The summed E-state index contributed by atoms with van der Waals surface area (Å²) in [7, 11) is 0. The average Bonchev–Trinajstić information content (AvgIpc) is 3.13. The minimum Gasteiger partial charge on any atom is -0.462 e. The number of ether oxygens (including phenoxy) is 3. The molecule has 0 aliphatic heterocycles. The van der Waals surface area contributed by atoms with Crippen molar-refractivity contribution in [1.29, 1.82) is 0 Å². The third kappa shape index (κ3) is 43.4. The fourth-order valence-electron chi connectivity index (χ4n) is 7.23. The van der Waals surface area contributed by atoms with Crippen molar-refractivity contribution in [3.8, 4) is 0 Å². The van der Waals surface area contributed by atoms with Gasteiger partial charge >= 0.3 is 17.9 Å². The van der Waals surface area contributed by atoms with Crippen LogP contribution in [0.5, 0.6) is 0 Å². The molecular formula is C49H94O6. The summed E-state index contributed by atoms with van der Waals surface area (Å²) in [6.07, 6.45) is 38.1. The molecule has 0 radical (unpaired) electrons. The average molecular weight is 779 g/mol. The van der Waals surface area contributed by atoms with Gasteiger partial charge in [-0.2, -0.15) is 0 Å². The molecule has 0 rings (SSSR count). The van der Waals surface area contributed by atoms with Crippen molar-refractivity contribution in [2.45, 2.75) is 266 Å². The maximum atomic E-state index is 12.7. The Morgan fingerprint density at radius 2 is 0.527 bits per heavy atom. The van der Waals surface area contributed by atoms with Crippen LogP contribution >= 0.6 is 0 Å². The quantitative estimate of drug-likeness (QED) is 0.0349. The van der Waals surface area contributed by atoms with Gasteiger partial charge in [-0.25, -0.2) is 0 Å². The molecule has 0 saturated heterocycles. The fraction of sp³-hybridized carbons (Fsp3) is 0.939. The van der Waals surface area contributed by atoms with E-state index in [0.717, 1.165) is 75.5 Å². The van der Waals surface area contributed by atoms with Gasteiger partial charge in [0.15, 0.2) is 6.10 Å². The summed E-state index contributed by atoms with van der Waals surface area (Å²) in [5.74, 6) is 1.57. The summed E-state index contributed by atoms with van der Waals surface area (Å²) in [6.45, 7) is 13.6. The molecule has 0 fully saturated rings. The Morgan fingerprint density at radius 1 is 0.309 bits per heavy atom. The Morgan fingerprint density at radius 3 is 0.782 bits per heavy atom. The maximum Gasteiger partial charge on any atom is 0.306 e. The Kier molecular flexibility index (Phi) is 39.4. The second-order valence-electron chi connectivity index (χ2n) is 18.2. The van der Waals surface area contributed by atoms with Gasteiger partial charge in [-0.1, -0.05) is 221 Å². The van der Waals surface area contributed by atoms with Crippen LogP contribution in [-0.2, 0) is 28.6 Å². The van der Waals surface area contributed by atoms with E-state index in [0.29, 0.717) is 19.3 Å². The lowest BCUT2D eigenvalue weighted by Crippen LogP contribution is -2.30. The molecule has 0 aliphatic rings. The van der Waals surface area contributed by atoms with Gasteiger partial charge in [-0.05, 0) is 37.0 Å². The van der Waals surface area contributed by atoms with Crippen molar-refractivity contribution in [3.63, 3.8) is 0 Å². The van der Waals surface area contributed by atoms with E-state index in [1.807, 2.05) is 0 Å². The van der Waals surface area contributed by atoms with E-state index in [1.165, 1.54) is 141 Å². The molecule has 0 bridgehead atoms. The topological polar surface area (TPSA) is 78.9 Å². The van der Waals surface area contributed by atoms with Gasteiger partial charge in [0.05, 0.1) is 0 Å². The summed E-state index contributed by atoms with van der Waals surface area (Å²) in [5, 5.41) is 0. The predicted molar refractivity (Wildman–Crippen MR) is 233 cm³/mol. The standard InChI is InChI=1S/C49H94O6/c1-43(2)35-29-23-17-11-8-7-9-13-20-26-32-38-47(50)53-41-46(42-54-48(51)39-33-27-21-16-15-19-25-31-37-45(5)6)55-49(52)40-34-28-22-14-10-12-18-24-30-36-44(3)4/h43-46H,7-42H2,1-6H3/t46-/m1/s1. The molecule has 0 aromatic rings. The highest BCUT2D eigenvalue weighted by atomic mass is 16.6. The summed E-state index contributed by atoms with van der Waals surface area (Å²) in [5.41, 5.74) is 0. The first-order valence-electron chi connectivity index (χ1n) is 24.1. The highest BCUT2D eigenvalue weighted by Crippen LogP contribution is 2.17. The Labute approximate surface area is 342 Å². The molecule has 0 saturated carbocycles. The van der Waals surface area contributed by atoms with E-state index in [1.54, 1.807) is 0 Å². The molecular weight excluding hydrogens is 685 g/mol. The number of carbonyl (C=O) groups excluding carboxylic acids is 3. The molecule has 0 N–H and O–H groups in total. The van der Waals surface area contributed by atoms with E-state index < -0.39 is 6.10 Å². The number of carbonyl (C=O) groups is 3. The van der Waals surface area contributed by atoms with Crippen molar-refractivity contribution >= 4 is 17.9 Å². The van der Waals surface area contributed by atoms with E-state index in [9.17, 15) is 14.4 Å². The number of hydrogen-bond acceptors (Lipinski definition) is 6. The van der Waals surface area contributed by atoms with Crippen LogP contribution < -0.4 is 0 Å². The first-order valence-corrected chi connectivity index (χ1v) is 24.1. The molecule has 0 aliphatic carbocycles. The van der Waals surface area contributed by atoms with Crippen LogP contribution in [0.15, 0.2) is 0 Å². The summed E-state index contributed by atoms with van der Waals surface area (Å²) in [4.78, 5) is 37.8. The molecule has 6 nitrogen and oxygen atoms in total. The third-order valence-corrected chi connectivity index (χ3v) is 10.9. The zero-order valence-electron chi connectivity index (χ0n) is 37.7. The molecule has 0 aromatic heterocycles. The van der Waals surface area contributed by atoms with E-state index >= 15 is 0 Å². The Hall–Kier alpha value is -1.59. The zero-order chi connectivity index (χ0) is 40.6. The van der Waals surface area contributed by atoms with Crippen LogP contribution in [0.25, 0.3) is 0 Å². The van der Waals surface area contributed by atoms with E-state index in [-0.39, 0.29) is 31.1 Å². The summed E-state index contributed by atoms with van der Waals surface area (Å²) < 4.78 is 16.7. The van der Waals surface area contributed by atoms with Crippen LogP contribution in [0, 0.1) is 17.8 Å². The highest BCUT2D eigenvalue weighted by molar-refractivity contribution is 5.71. The van der Waals surface area contributed by atoms with Gasteiger partial charge in [-0.15, -0.1) is 0 Å². The van der Waals surface area contributed by atoms with Gasteiger partial charge < -0.3 is 14.2 Å². The van der Waals surface area contributed by atoms with Gasteiger partial charge in [0.2, 0.25) is 0 Å². The lowest BCUT2D eigenvalue weighted by molar-refractivity contribution is -0.167. The van der Waals surface area contributed by atoms with Crippen molar-refractivity contribution in [2.75, 3.05) is 13.2 Å². The largest absolute Gasteiger partial charge is 0.462 e.